The van der Waals surface area contributed by atoms with Crippen molar-refractivity contribution >= 4 is 0 Å². The van der Waals surface area contributed by atoms with Gasteiger partial charge in [-0.15, -0.1) is 0 Å². The van der Waals surface area contributed by atoms with Crippen LogP contribution in [0.4, 0.5) is 0 Å². The number of hydrogen-bond acceptors (Lipinski definition) is 2. The third-order valence-electron chi connectivity index (χ3n) is 3.91. The van der Waals surface area contributed by atoms with Gasteiger partial charge in [-0.1, -0.05) is 12.1 Å². The topological polar surface area (TPSA) is 29.3 Å². The zero-order valence-electron chi connectivity index (χ0n) is 13.3. The quantitative estimate of drug-likeness (QED) is 0.817. The van der Waals surface area contributed by atoms with E-state index in [1.165, 1.54) is 28.7 Å². The summed E-state index contributed by atoms with van der Waals surface area (Å²) in [6.45, 7) is 11.0. The van der Waals surface area contributed by atoms with E-state index in [0.29, 0.717) is 6.04 Å². The van der Waals surface area contributed by atoms with E-state index in [1.54, 1.807) is 0 Å². The molecule has 1 atom stereocenters. The van der Waals surface area contributed by atoms with Crippen molar-refractivity contribution < 1.29 is 0 Å². The average molecular weight is 262 g/mol. The van der Waals surface area contributed by atoms with Crippen LogP contribution >= 0.6 is 0 Å². The summed E-state index contributed by atoms with van der Waals surface area (Å²) in [5, 5.41) is 0. The average Bonchev–Trinajstić information content (AvgIpc) is 2.31. The van der Waals surface area contributed by atoms with Gasteiger partial charge in [-0.3, -0.25) is 0 Å². The van der Waals surface area contributed by atoms with E-state index in [-0.39, 0.29) is 0 Å². The van der Waals surface area contributed by atoms with Crippen LogP contribution in [0.25, 0.3) is 0 Å². The molecule has 0 spiro atoms. The summed E-state index contributed by atoms with van der Waals surface area (Å²) in [5.74, 6) is 0. The fourth-order valence-electron chi connectivity index (χ4n) is 2.40. The first-order chi connectivity index (χ1) is 8.90. The standard InChI is InChI=1S/C17H30N2/c1-13-11-15(3)17(12-14(13)2)8-10-19(5)9-6-7-16(4)18/h11-12,16H,6-10,18H2,1-5H3. The summed E-state index contributed by atoms with van der Waals surface area (Å²) in [4.78, 5) is 2.41. The van der Waals surface area contributed by atoms with Gasteiger partial charge in [-0.25, -0.2) is 0 Å². The van der Waals surface area contributed by atoms with Crippen LogP contribution in [0.1, 0.15) is 42.0 Å². The van der Waals surface area contributed by atoms with Crippen LogP contribution in [0.3, 0.4) is 0 Å². The SMILES string of the molecule is Cc1cc(C)c(CCN(C)CCCC(C)N)cc1C. The molecule has 1 unspecified atom stereocenters. The minimum Gasteiger partial charge on any atom is -0.328 e. The molecule has 2 heteroatoms. The Bertz CT molecular complexity index is 396. The molecule has 0 bridgehead atoms. The van der Waals surface area contributed by atoms with Crippen LogP contribution in [0.15, 0.2) is 12.1 Å². The van der Waals surface area contributed by atoms with E-state index >= 15 is 0 Å². The molecule has 0 fully saturated rings. The molecule has 2 N–H and O–H groups in total. The molecular weight excluding hydrogens is 232 g/mol. The van der Waals surface area contributed by atoms with Crippen molar-refractivity contribution in [1.29, 1.82) is 0 Å². The molecule has 108 valence electrons. The Hall–Kier alpha value is -0.860. The summed E-state index contributed by atoms with van der Waals surface area (Å²) in [5.41, 5.74) is 11.5. The van der Waals surface area contributed by atoms with Gasteiger partial charge in [0, 0.05) is 12.6 Å². The second-order valence-electron chi connectivity index (χ2n) is 6.04. The van der Waals surface area contributed by atoms with Crippen molar-refractivity contribution in [1.82, 2.24) is 4.90 Å². The van der Waals surface area contributed by atoms with Crippen molar-refractivity contribution in [2.45, 2.75) is 53.0 Å². The van der Waals surface area contributed by atoms with Crippen molar-refractivity contribution in [2.75, 3.05) is 20.1 Å². The van der Waals surface area contributed by atoms with Gasteiger partial charge in [-0.2, -0.15) is 0 Å². The predicted octanol–water partition coefficient (Wildman–Crippen LogP) is 3.21. The van der Waals surface area contributed by atoms with Crippen molar-refractivity contribution in [3.63, 3.8) is 0 Å². The second kappa shape index (κ2) is 7.66. The number of rotatable bonds is 7. The Balaban J connectivity index is 2.42. The van der Waals surface area contributed by atoms with Gasteiger partial charge in [0.25, 0.3) is 0 Å². The van der Waals surface area contributed by atoms with Crippen molar-refractivity contribution in [3.8, 4) is 0 Å². The number of benzene rings is 1. The van der Waals surface area contributed by atoms with Crippen molar-refractivity contribution in [2.24, 2.45) is 5.73 Å². The zero-order valence-corrected chi connectivity index (χ0v) is 13.3. The lowest BCUT2D eigenvalue weighted by molar-refractivity contribution is 0.326. The number of nitrogens with two attached hydrogens (primary N) is 1. The van der Waals surface area contributed by atoms with Gasteiger partial charge in [0.05, 0.1) is 0 Å². The largest absolute Gasteiger partial charge is 0.328 e. The summed E-state index contributed by atoms with van der Waals surface area (Å²) >= 11 is 0. The minimum absolute atomic E-state index is 0.329. The van der Waals surface area contributed by atoms with Gasteiger partial charge in [-0.05, 0) is 82.8 Å². The van der Waals surface area contributed by atoms with E-state index in [1.807, 2.05) is 0 Å². The van der Waals surface area contributed by atoms with Gasteiger partial charge in [0.1, 0.15) is 0 Å². The Kier molecular flexibility index (Phi) is 6.53. The number of aryl methyl sites for hydroxylation is 3. The van der Waals surface area contributed by atoms with E-state index in [4.69, 9.17) is 5.73 Å². The maximum absolute atomic E-state index is 5.78. The smallest absolute Gasteiger partial charge is 0.00189 e. The fourth-order valence-corrected chi connectivity index (χ4v) is 2.40. The highest BCUT2D eigenvalue weighted by atomic mass is 15.1. The fraction of sp³-hybridized carbons (Fsp3) is 0.647. The summed E-state index contributed by atoms with van der Waals surface area (Å²) in [7, 11) is 2.21. The van der Waals surface area contributed by atoms with E-state index in [0.717, 1.165) is 25.9 Å². The molecule has 1 rings (SSSR count). The molecule has 0 saturated carbocycles. The molecule has 0 amide bonds. The van der Waals surface area contributed by atoms with E-state index in [9.17, 15) is 0 Å². The lowest BCUT2D eigenvalue weighted by Gasteiger charge is -2.18. The van der Waals surface area contributed by atoms with Crippen LogP contribution in [-0.4, -0.2) is 31.1 Å². The number of hydrogen-bond donors (Lipinski definition) is 1. The van der Waals surface area contributed by atoms with E-state index in [2.05, 4.69) is 51.8 Å². The molecule has 0 aliphatic carbocycles. The molecule has 2 nitrogen and oxygen atoms in total. The Labute approximate surface area is 119 Å². The van der Waals surface area contributed by atoms with Crippen LogP contribution < -0.4 is 5.73 Å². The Morgan fingerprint density at radius 2 is 1.68 bits per heavy atom. The minimum atomic E-state index is 0.329. The first kappa shape index (κ1) is 16.2. The molecule has 0 aromatic heterocycles. The van der Waals surface area contributed by atoms with Gasteiger partial charge >= 0.3 is 0 Å². The maximum Gasteiger partial charge on any atom is 0.00189 e. The highest BCUT2D eigenvalue weighted by molar-refractivity contribution is 5.36. The van der Waals surface area contributed by atoms with Crippen LogP contribution in [-0.2, 0) is 6.42 Å². The molecule has 1 aromatic rings. The second-order valence-corrected chi connectivity index (χ2v) is 6.04. The van der Waals surface area contributed by atoms with E-state index < -0.39 is 0 Å². The third-order valence-corrected chi connectivity index (χ3v) is 3.91. The summed E-state index contributed by atoms with van der Waals surface area (Å²) < 4.78 is 0. The first-order valence-electron chi connectivity index (χ1n) is 7.41. The summed E-state index contributed by atoms with van der Waals surface area (Å²) in [6.07, 6.45) is 3.45. The highest BCUT2D eigenvalue weighted by Crippen LogP contribution is 2.16. The normalized spacial score (nSPS) is 13.0. The van der Waals surface area contributed by atoms with Gasteiger partial charge in [0.2, 0.25) is 0 Å². The van der Waals surface area contributed by atoms with Crippen LogP contribution in [0, 0.1) is 20.8 Å². The maximum atomic E-state index is 5.78. The lowest BCUT2D eigenvalue weighted by atomic mass is 9.99. The highest BCUT2D eigenvalue weighted by Gasteiger charge is 2.05. The molecule has 0 aliphatic heterocycles. The molecule has 1 aromatic carbocycles. The Morgan fingerprint density at radius 1 is 1.05 bits per heavy atom. The number of nitrogens with zero attached hydrogens (tertiary/aromatic N) is 1. The first-order valence-corrected chi connectivity index (χ1v) is 7.41. The Morgan fingerprint density at radius 3 is 2.32 bits per heavy atom. The predicted molar refractivity (Wildman–Crippen MR) is 84.7 cm³/mol. The number of likely N-dealkylation sites (N-methyl/N-ethyl adjacent to an activating group) is 1. The molecule has 0 radical (unpaired) electrons. The molecule has 19 heavy (non-hydrogen) atoms. The van der Waals surface area contributed by atoms with Crippen molar-refractivity contribution in [3.05, 3.63) is 34.4 Å². The van der Waals surface area contributed by atoms with Gasteiger partial charge < -0.3 is 10.6 Å². The molecule has 0 aliphatic rings. The monoisotopic (exact) mass is 262 g/mol. The molecule has 0 heterocycles. The lowest BCUT2D eigenvalue weighted by Crippen LogP contribution is -2.24. The van der Waals surface area contributed by atoms with Crippen LogP contribution in [0.2, 0.25) is 0 Å². The van der Waals surface area contributed by atoms with Crippen LogP contribution in [0.5, 0.6) is 0 Å². The molecular formula is C17H30N2. The zero-order chi connectivity index (χ0) is 14.4. The molecule has 0 saturated heterocycles. The van der Waals surface area contributed by atoms with Gasteiger partial charge in [0.15, 0.2) is 0 Å². The summed E-state index contributed by atoms with van der Waals surface area (Å²) in [6, 6.07) is 4.98. The third kappa shape index (κ3) is 5.75.